The molecule has 4 heteroatoms. The van der Waals surface area contributed by atoms with Crippen LogP contribution in [0.4, 0.5) is 0 Å². The number of halogens is 1. The second-order valence-corrected chi connectivity index (χ2v) is 5.21. The van der Waals surface area contributed by atoms with E-state index in [1.54, 1.807) is 0 Å². The van der Waals surface area contributed by atoms with E-state index in [-0.39, 0.29) is 5.56 Å². The minimum Gasteiger partial charge on any atom is -0.267 e. The first-order valence-corrected chi connectivity index (χ1v) is 7.46. The summed E-state index contributed by atoms with van der Waals surface area (Å²) < 4.78 is 1.52. The van der Waals surface area contributed by atoms with Crippen molar-refractivity contribution in [3.8, 4) is 11.3 Å². The molecule has 1 aromatic heterocycles. The van der Waals surface area contributed by atoms with Crippen molar-refractivity contribution >= 4 is 22.4 Å². The molecule has 1 heterocycles. The fourth-order valence-corrected chi connectivity index (χ4v) is 2.52. The average molecular weight is 299 g/mol. The summed E-state index contributed by atoms with van der Waals surface area (Å²) in [5.74, 6) is 0.515. The van der Waals surface area contributed by atoms with Crippen LogP contribution in [0.3, 0.4) is 0 Å². The normalized spacial score (nSPS) is 10.9. The maximum absolute atomic E-state index is 12.5. The zero-order chi connectivity index (χ0) is 14.7. The molecule has 0 fully saturated rings. The van der Waals surface area contributed by atoms with Gasteiger partial charge in [-0.1, -0.05) is 48.5 Å². The number of nitrogens with zero attached hydrogens (tertiary/aromatic N) is 2. The van der Waals surface area contributed by atoms with Gasteiger partial charge in [-0.3, -0.25) is 4.79 Å². The Hall–Kier alpha value is -2.13. The molecule has 2 aromatic carbocycles. The number of alkyl halides is 1. The molecule has 0 bridgehead atoms. The van der Waals surface area contributed by atoms with Gasteiger partial charge in [-0.2, -0.15) is 5.10 Å². The number of fused-ring (bicyclic) bond motifs is 1. The van der Waals surface area contributed by atoms with Crippen molar-refractivity contribution in [3.05, 3.63) is 65.0 Å². The van der Waals surface area contributed by atoms with Crippen LogP contribution in [0, 0.1) is 0 Å². The summed E-state index contributed by atoms with van der Waals surface area (Å²) in [7, 11) is 0. The van der Waals surface area contributed by atoms with E-state index in [2.05, 4.69) is 5.10 Å². The van der Waals surface area contributed by atoms with Crippen LogP contribution in [-0.2, 0) is 6.54 Å². The summed E-state index contributed by atoms with van der Waals surface area (Å²) in [6.07, 6.45) is 0.723. The van der Waals surface area contributed by atoms with E-state index in [1.165, 1.54) is 4.68 Å². The van der Waals surface area contributed by atoms with Crippen LogP contribution in [0.2, 0.25) is 0 Å². The van der Waals surface area contributed by atoms with Gasteiger partial charge in [0, 0.05) is 23.4 Å². The first-order chi connectivity index (χ1) is 10.3. The lowest BCUT2D eigenvalue weighted by atomic mass is 10.1. The van der Waals surface area contributed by atoms with Crippen molar-refractivity contribution in [1.82, 2.24) is 9.78 Å². The Balaban J connectivity index is 2.27. The molecular formula is C17H15ClN2O. The van der Waals surface area contributed by atoms with Gasteiger partial charge in [0.05, 0.1) is 11.1 Å². The summed E-state index contributed by atoms with van der Waals surface area (Å²) in [4.78, 5) is 12.5. The lowest BCUT2D eigenvalue weighted by Gasteiger charge is -2.10. The van der Waals surface area contributed by atoms with Gasteiger partial charge < -0.3 is 0 Å². The molecule has 3 nitrogen and oxygen atoms in total. The molecule has 0 spiro atoms. The highest BCUT2D eigenvalue weighted by atomic mass is 35.5. The summed E-state index contributed by atoms with van der Waals surface area (Å²) >= 11 is 5.74. The minimum atomic E-state index is -0.0598. The summed E-state index contributed by atoms with van der Waals surface area (Å²) in [5, 5.41) is 6.13. The molecule has 0 atom stereocenters. The molecule has 21 heavy (non-hydrogen) atoms. The van der Waals surface area contributed by atoms with Crippen LogP contribution in [0.15, 0.2) is 59.4 Å². The lowest BCUT2D eigenvalue weighted by Crippen LogP contribution is -2.24. The number of aromatic nitrogens is 2. The van der Waals surface area contributed by atoms with Crippen LogP contribution in [-0.4, -0.2) is 15.7 Å². The molecule has 106 valence electrons. The molecule has 0 amide bonds. The molecule has 0 aliphatic heterocycles. The van der Waals surface area contributed by atoms with Gasteiger partial charge in [0.1, 0.15) is 0 Å². The zero-order valence-corrected chi connectivity index (χ0v) is 12.3. The number of hydrogen-bond donors (Lipinski definition) is 0. The molecule has 0 unspecified atom stereocenters. The van der Waals surface area contributed by atoms with Crippen LogP contribution in [0.25, 0.3) is 22.0 Å². The molecule has 0 saturated heterocycles. The molecule has 0 aliphatic rings. The Bertz CT molecular complexity index is 812. The monoisotopic (exact) mass is 298 g/mol. The summed E-state index contributed by atoms with van der Waals surface area (Å²) in [6.45, 7) is 0.535. The quantitative estimate of drug-likeness (QED) is 0.689. The zero-order valence-electron chi connectivity index (χ0n) is 11.5. The van der Waals surface area contributed by atoms with E-state index < -0.39 is 0 Å². The minimum absolute atomic E-state index is 0.0598. The Morgan fingerprint density at radius 2 is 1.62 bits per heavy atom. The predicted octanol–water partition coefficient (Wildman–Crippen LogP) is 3.69. The highest BCUT2D eigenvalue weighted by molar-refractivity contribution is 6.17. The standard InChI is InChI=1S/C17H15ClN2O/c18-11-6-12-20-17(21)15-10-5-4-9-14(15)16(19-20)13-7-2-1-3-8-13/h1-5,7-10H,6,11-12H2. The Labute approximate surface area is 127 Å². The smallest absolute Gasteiger partial charge is 0.267 e. The number of rotatable bonds is 4. The SMILES string of the molecule is O=c1c2ccccc2c(-c2ccccc2)nn1CCCCl. The average Bonchev–Trinajstić information content (AvgIpc) is 2.55. The molecule has 3 rings (SSSR count). The van der Waals surface area contributed by atoms with E-state index in [4.69, 9.17) is 11.6 Å². The topological polar surface area (TPSA) is 34.9 Å². The van der Waals surface area contributed by atoms with Crippen LogP contribution < -0.4 is 5.56 Å². The van der Waals surface area contributed by atoms with Gasteiger partial charge in [0.15, 0.2) is 0 Å². The van der Waals surface area contributed by atoms with Gasteiger partial charge in [-0.25, -0.2) is 4.68 Å². The van der Waals surface area contributed by atoms with Crippen molar-refractivity contribution < 1.29 is 0 Å². The van der Waals surface area contributed by atoms with E-state index in [0.29, 0.717) is 17.8 Å². The molecule has 0 radical (unpaired) electrons. The maximum Gasteiger partial charge on any atom is 0.274 e. The second kappa shape index (κ2) is 6.10. The molecular weight excluding hydrogens is 284 g/mol. The lowest BCUT2D eigenvalue weighted by molar-refractivity contribution is 0.578. The van der Waals surface area contributed by atoms with Gasteiger partial charge in [0.2, 0.25) is 0 Å². The first-order valence-electron chi connectivity index (χ1n) is 6.92. The number of hydrogen-bond acceptors (Lipinski definition) is 2. The molecule has 0 N–H and O–H groups in total. The number of aryl methyl sites for hydroxylation is 1. The highest BCUT2D eigenvalue weighted by Crippen LogP contribution is 2.24. The van der Waals surface area contributed by atoms with E-state index >= 15 is 0 Å². The third-order valence-electron chi connectivity index (χ3n) is 3.42. The van der Waals surface area contributed by atoms with Crippen molar-refractivity contribution in [2.45, 2.75) is 13.0 Å². The maximum atomic E-state index is 12.5. The summed E-state index contributed by atoms with van der Waals surface area (Å²) in [6, 6.07) is 17.5. The van der Waals surface area contributed by atoms with Crippen LogP contribution in [0.1, 0.15) is 6.42 Å². The predicted molar refractivity (Wildman–Crippen MR) is 86.8 cm³/mol. The fourth-order valence-electron chi connectivity index (χ4n) is 2.41. The van der Waals surface area contributed by atoms with Crippen LogP contribution in [0.5, 0.6) is 0 Å². The second-order valence-electron chi connectivity index (χ2n) is 4.83. The van der Waals surface area contributed by atoms with Crippen molar-refractivity contribution in [2.24, 2.45) is 0 Å². The van der Waals surface area contributed by atoms with E-state index in [1.807, 2.05) is 54.6 Å². The Kier molecular flexibility index (Phi) is 4.02. The number of benzene rings is 2. The Morgan fingerprint density at radius 3 is 2.33 bits per heavy atom. The van der Waals surface area contributed by atoms with Crippen LogP contribution >= 0.6 is 11.6 Å². The van der Waals surface area contributed by atoms with E-state index in [9.17, 15) is 4.79 Å². The first kappa shape index (κ1) is 13.8. The molecule has 3 aromatic rings. The molecule has 0 aliphatic carbocycles. The van der Waals surface area contributed by atoms with Gasteiger partial charge >= 0.3 is 0 Å². The van der Waals surface area contributed by atoms with E-state index in [0.717, 1.165) is 23.1 Å². The van der Waals surface area contributed by atoms with Crippen molar-refractivity contribution in [2.75, 3.05) is 5.88 Å². The van der Waals surface area contributed by atoms with Crippen molar-refractivity contribution in [3.63, 3.8) is 0 Å². The third-order valence-corrected chi connectivity index (χ3v) is 3.69. The van der Waals surface area contributed by atoms with Crippen molar-refractivity contribution in [1.29, 1.82) is 0 Å². The molecule has 0 saturated carbocycles. The third kappa shape index (κ3) is 2.69. The van der Waals surface area contributed by atoms with Gasteiger partial charge in [0.25, 0.3) is 5.56 Å². The summed E-state index contributed by atoms with van der Waals surface area (Å²) in [5.41, 5.74) is 1.78. The largest absolute Gasteiger partial charge is 0.274 e. The highest BCUT2D eigenvalue weighted by Gasteiger charge is 2.11. The van der Waals surface area contributed by atoms with Gasteiger partial charge in [-0.05, 0) is 12.5 Å². The Morgan fingerprint density at radius 1 is 0.952 bits per heavy atom. The van der Waals surface area contributed by atoms with Gasteiger partial charge in [-0.15, -0.1) is 11.6 Å². The fraction of sp³-hybridized carbons (Fsp3) is 0.176.